The zero-order valence-corrected chi connectivity index (χ0v) is 13.1. The molecule has 116 valence electrons. The molecule has 0 bridgehead atoms. The molecular formula is C15H21NO4S. The van der Waals surface area contributed by atoms with Gasteiger partial charge in [0.05, 0.1) is 11.8 Å². The summed E-state index contributed by atoms with van der Waals surface area (Å²) < 4.78 is 5.06. The summed E-state index contributed by atoms with van der Waals surface area (Å²) in [6, 6.07) is 6.95. The van der Waals surface area contributed by atoms with Crippen LogP contribution < -0.4 is 10.1 Å². The van der Waals surface area contributed by atoms with Gasteiger partial charge in [-0.15, -0.1) is 0 Å². The topological polar surface area (TPSA) is 75.6 Å². The zero-order chi connectivity index (χ0) is 15.7. The quantitative estimate of drug-likeness (QED) is 0.685. The van der Waals surface area contributed by atoms with E-state index in [1.807, 2.05) is 19.1 Å². The number of carboxylic acid groups (broad SMARTS) is 1. The first-order valence-corrected chi connectivity index (χ1v) is 8.00. The molecule has 0 aliphatic heterocycles. The summed E-state index contributed by atoms with van der Waals surface area (Å²) in [7, 11) is 0. The Morgan fingerprint density at radius 2 is 2.00 bits per heavy atom. The van der Waals surface area contributed by atoms with Gasteiger partial charge in [0.25, 0.3) is 0 Å². The van der Waals surface area contributed by atoms with Gasteiger partial charge in [0.2, 0.25) is 5.91 Å². The van der Waals surface area contributed by atoms with Crippen LogP contribution >= 0.6 is 11.8 Å². The summed E-state index contributed by atoms with van der Waals surface area (Å²) >= 11 is 1.62. The van der Waals surface area contributed by atoms with Crippen LogP contribution in [-0.4, -0.2) is 35.1 Å². The monoisotopic (exact) mass is 311 g/mol. The number of rotatable bonds is 9. The van der Waals surface area contributed by atoms with Crippen molar-refractivity contribution in [2.24, 2.45) is 0 Å². The van der Waals surface area contributed by atoms with E-state index in [4.69, 9.17) is 9.84 Å². The van der Waals surface area contributed by atoms with Gasteiger partial charge in [-0.3, -0.25) is 4.79 Å². The van der Waals surface area contributed by atoms with Crippen molar-refractivity contribution in [3.8, 4) is 5.75 Å². The van der Waals surface area contributed by atoms with Crippen LogP contribution in [0.4, 0.5) is 0 Å². The molecule has 0 fully saturated rings. The van der Waals surface area contributed by atoms with E-state index in [9.17, 15) is 9.59 Å². The molecule has 0 saturated heterocycles. The molecule has 1 atom stereocenters. The van der Waals surface area contributed by atoms with Gasteiger partial charge in [0.1, 0.15) is 5.75 Å². The molecule has 5 nitrogen and oxygen atoms in total. The van der Waals surface area contributed by atoms with Crippen LogP contribution in [0.25, 0.3) is 0 Å². The van der Waals surface area contributed by atoms with Gasteiger partial charge in [0, 0.05) is 0 Å². The molecule has 0 aromatic heterocycles. The van der Waals surface area contributed by atoms with Crippen LogP contribution in [0.15, 0.2) is 24.3 Å². The van der Waals surface area contributed by atoms with Crippen molar-refractivity contribution < 1.29 is 19.4 Å². The highest BCUT2D eigenvalue weighted by Crippen LogP contribution is 2.17. The van der Waals surface area contributed by atoms with Crippen LogP contribution in [0, 0.1) is 0 Å². The molecule has 1 aromatic carbocycles. The number of benzene rings is 1. The summed E-state index contributed by atoms with van der Waals surface area (Å²) in [6.07, 6.45) is 1.06. The Kier molecular flexibility index (Phi) is 7.68. The van der Waals surface area contributed by atoms with Crippen LogP contribution in [0.1, 0.15) is 31.9 Å². The number of carbonyl (C=O) groups excluding carboxylic acids is 1. The lowest BCUT2D eigenvalue weighted by atomic mass is 10.1. The van der Waals surface area contributed by atoms with Crippen molar-refractivity contribution in [2.45, 2.75) is 26.3 Å². The number of carboxylic acids is 1. The summed E-state index contributed by atoms with van der Waals surface area (Å²) in [6.45, 7) is 3.64. The van der Waals surface area contributed by atoms with Crippen molar-refractivity contribution in [1.29, 1.82) is 0 Å². The number of hydrogen-bond acceptors (Lipinski definition) is 4. The first-order valence-electron chi connectivity index (χ1n) is 6.84. The third-order valence-electron chi connectivity index (χ3n) is 2.70. The lowest BCUT2D eigenvalue weighted by Crippen LogP contribution is -2.28. The summed E-state index contributed by atoms with van der Waals surface area (Å²) in [5, 5.41) is 11.5. The van der Waals surface area contributed by atoms with Crippen molar-refractivity contribution >= 4 is 23.6 Å². The molecule has 1 unspecified atom stereocenters. The van der Waals surface area contributed by atoms with Crippen molar-refractivity contribution in [3.05, 3.63) is 29.8 Å². The van der Waals surface area contributed by atoms with Gasteiger partial charge >= 0.3 is 5.97 Å². The van der Waals surface area contributed by atoms with Gasteiger partial charge < -0.3 is 15.2 Å². The van der Waals surface area contributed by atoms with E-state index in [2.05, 4.69) is 12.2 Å². The SMILES string of the molecule is CCCSCC(=O)NC(C)c1ccc(OCC(=O)O)cc1. The highest BCUT2D eigenvalue weighted by molar-refractivity contribution is 7.99. The maximum atomic E-state index is 11.7. The van der Waals surface area contributed by atoms with Gasteiger partial charge in [-0.05, 0) is 36.8 Å². The number of ether oxygens (including phenoxy) is 1. The summed E-state index contributed by atoms with van der Waals surface area (Å²) in [5.74, 6) is 0.963. The Hall–Kier alpha value is -1.69. The summed E-state index contributed by atoms with van der Waals surface area (Å²) in [5.41, 5.74) is 0.950. The molecule has 0 aliphatic carbocycles. The van der Waals surface area contributed by atoms with Crippen molar-refractivity contribution in [1.82, 2.24) is 5.32 Å². The van der Waals surface area contributed by atoms with Crippen LogP contribution in [0.2, 0.25) is 0 Å². The molecule has 0 spiro atoms. The molecule has 1 rings (SSSR count). The van der Waals surface area contributed by atoms with Crippen molar-refractivity contribution in [2.75, 3.05) is 18.1 Å². The lowest BCUT2D eigenvalue weighted by molar-refractivity contribution is -0.139. The molecule has 1 amide bonds. The van der Waals surface area contributed by atoms with Gasteiger partial charge in [-0.2, -0.15) is 11.8 Å². The zero-order valence-electron chi connectivity index (χ0n) is 12.3. The fraction of sp³-hybridized carbons (Fsp3) is 0.467. The number of thioether (sulfide) groups is 1. The first kappa shape index (κ1) is 17.4. The van der Waals surface area contributed by atoms with Crippen LogP contribution in [0.3, 0.4) is 0 Å². The minimum Gasteiger partial charge on any atom is -0.482 e. The summed E-state index contributed by atoms with van der Waals surface area (Å²) in [4.78, 5) is 22.1. The van der Waals surface area contributed by atoms with Crippen LogP contribution in [-0.2, 0) is 9.59 Å². The Labute approximate surface area is 129 Å². The molecule has 21 heavy (non-hydrogen) atoms. The third kappa shape index (κ3) is 7.04. The second-order valence-corrected chi connectivity index (χ2v) is 5.70. The number of hydrogen-bond donors (Lipinski definition) is 2. The molecule has 2 N–H and O–H groups in total. The van der Waals surface area contributed by atoms with E-state index in [1.165, 1.54) is 0 Å². The average molecular weight is 311 g/mol. The highest BCUT2D eigenvalue weighted by Gasteiger charge is 2.09. The first-order chi connectivity index (χ1) is 10.0. The molecule has 0 radical (unpaired) electrons. The molecule has 0 aliphatic rings. The van der Waals surface area contributed by atoms with Gasteiger partial charge in [-0.1, -0.05) is 19.1 Å². The average Bonchev–Trinajstić information content (AvgIpc) is 2.45. The minimum atomic E-state index is -1.01. The Morgan fingerprint density at radius 3 is 2.57 bits per heavy atom. The van der Waals surface area contributed by atoms with E-state index in [0.29, 0.717) is 11.5 Å². The minimum absolute atomic E-state index is 0.0205. The fourth-order valence-corrected chi connectivity index (χ4v) is 2.38. The second-order valence-electron chi connectivity index (χ2n) is 4.59. The molecule has 0 heterocycles. The van der Waals surface area contributed by atoms with Gasteiger partial charge in [0.15, 0.2) is 6.61 Å². The Morgan fingerprint density at radius 1 is 1.33 bits per heavy atom. The largest absolute Gasteiger partial charge is 0.482 e. The number of aliphatic carboxylic acids is 1. The standard InChI is InChI=1S/C15H21NO4S/c1-3-8-21-10-14(17)16-11(2)12-4-6-13(7-5-12)20-9-15(18)19/h4-7,11H,3,8-10H2,1-2H3,(H,16,17)(H,18,19). The van der Waals surface area contributed by atoms with E-state index in [0.717, 1.165) is 17.7 Å². The number of amides is 1. The van der Waals surface area contributed by atoms with Gasteiger partial charge in [-0.25, -0.2) is 4.79 Å². The third-order valence-corrected chi connectivity index (χ3v) is 3.86. The molecule has 0 saturated carbocycles. The second kappa shape index (κ2) is 9.28. The lowest BCUT2D eigenvalue weighted by Gasteiger charge is -2.14. The van der Waals surface area contributed by atoms with E-state index >= 15 is 0 Å². The molecular weight excluding hydrogens is 290 g/mol. The highest BCUT2D eigenvalue weighted by atomic mass is 32.2. The maximum Gasteiger partial charge on any atom is 0.341 e. The molecule has 6 heteroatoms. The van der Waals surface area contributed by atoms with Crippen molar-refractivity contribution in [3.63, 3.8) is 0 Å². The van der Waals surface area contributed by atoms with E-state index in [1.54, 1.807) is 23.9 Å². The molecule has 1 aromatic rings. The smallest absolute Gasteiger partial charge is 0.341 e. The fourth-order valence-electron chi connectivity index (χ4n) is 1.67. The number of nitrogens with one attached hydrogen (secondary N) is 1. The normalized spacial score (nSPS) is 11.7. The Balaban J connectivity index is 2.45. The predicted molar refractivity (Wildman–Crippen MR) is 83.7 cm³/mol. The Bertz CT molecular complexity index is 461. The van der Waals surface area contributed by atoms with E-state index < -0.39 is 5.97 Å². The number of carbonyl (C=O) groups is 2. The van der Waals surface area contributed by atoms with E-state index in [-0.39, 0.29) is 18.6 Å². The maximum absolute atomic E-state index is 11.7. The predicted octanol–water partition coefficient (Wildman–Crippen LogP) is 2.47. The van der Waals surface area contributed by atoms with Crippen LogP contribution in [0.5, 0.6) is 5.75 Å².